The Kier molecular flexibility index (Phi) is 6.74. The van der Waals surface area contributed by atoms with Crippen LogP contribution in [0.4, 0.5) is 5.69 Å². The molecule has 6 rings (SSSR count). The highest BCUT2D eigenvalue weighted by Crippen LogP contribution is 2.34. The Balaban J connectivity index is 1.39. The van der Waals surface area contributed by atoms with Gasteiger partial charge in [0.1, 0.15) is 6.04 Å². The zero-order chi connectivity index (χ0) is 26.2. The van der Waals surface area contributed by atoms with E-state index in [0.29, 0.717) is 0 Å². The number of fused-ring (bicyclic) bond motifs is 1. The van der Waals surface area contributed by atoms with E-state index in [1.807, 2.05) is 16.8 Å². The van der Waals surface area contributed by atoms with Gasteiger partial charge in [-0.2, -0.15) is 0 Å². The van der Waals surface area contributed by atoms with Gasteiger partial charge in [-0.15, -0.1) is 5.10 Å². The molecule has 1 atom stereocenters. The third-order valence-electron chi connectivity index (χ3n) is 8.39. The molecule has 1 N–H and O–H groups in total. The molecule has 4 aromatic rings. The SMILES string of the molecule is Cc1ccc(C)c(N2CCN([C@@H](c3cc4cc(C)ccc4[nH]c3=O)c3nnnn3C3CCCCC3)CC2)c1. The Morgan fingerprint density at radius 1 is 0.895 bits per heavy atom. The van der Waals surface area contributed by atoms with E-state index in [9.17, 15) is 4.79 Å². The van der Waals surface area contributed by atoms with Crippen molar-refractivity contribution in [3.05, 3.63) is 80.9 Å². The third kappa shape index (κ3) is 4.73. The van der Waals surface area contributed by atoms with Crippen LogP contribution in [-0.4, -0.2) is 56.3 Å². The lowest BCUT2D eigenvalue weighted by Crippen LogP contribution is -2.49. The van der Waals surface area contributed by atoms with E-state index in [1.54, 1.807) is 0 Å². The van der Waals surface area contributed by atoms with Gasteiger partial charge in [-0.1, -0.05) is 43.0 Å². The smallest absolute Gasteiger partial charge is 0.253 e. The molecule has 1 aliphatic carbocycles. The number of piperazine rings is 1. The molecule has 0 amide bonds. The van der Waals surface area contributed by atoms with Crippen molar-refractivity contribution >= 4 is 16.6 Å². The molecule has 3 heterocycles. The number of aryl methyl sites for hydroxylation is 3. The number of aromatic nitrogens is 5. The molecule has 1 saturated carbocycles. The van der Waals surface area contributed by atoms with Crippen LogP contribution in [0.15, 0.2) is 47.3 Å². The Bertz CT molecular complexity index is 1490. The zero-order valence-corrected chi connectivity index (χ0v) is 22.7. The van der Waals surface area contributed by atoms with E-state index in [-0.39, 0.29) is 17.6 Å². The summed E-state index contributed by atoms with van der Waals surface area (Å²) in [6.07, 6.45) is 5.82. The predicted octanol–water partition coefficient (Wildman–Crippen LogP) is 4.86. The maximum Gasteiger partial charge on any atom is 0.253 e. The summed E-state index contributed by atoms with van der Waals surface area (Å²) < 4.78 is 2.03. The van der Waals surface area contributed by atoms with Gasteiger partial charge in [-0.3, -0.25) is 9.69 Å². The predicted molar refractivity (Wildman–Crippen MR) is 151 cm³/mol. The number of tetrazole rings is 1. The Hall–Kier alpha value is -3.52. The molecule has 0 unspecified atom stereocenters. The van der Waals surface area contributed by atoms with Gasteiger partial charge >= 0.3 is 0 Å². The number of benzene rings is 2. The topological polar surface area (TPSA) is 82.9 Å². The molecule has 38 heavy (non-hydrogen) atoms. The standard InChI is InChI=1S/C30H37N7O/c1-20-10-12-26-23(17-20)19-25(30(38)31-26)28(29-32-33-34-37(29)24-7-5-4-6-8-24)36-15-13-35(14-16-36)27-18-21(2)9-11-22(27)3/h9-12,17-19,24,28H,4-8,13-16H2,1-3H3,(H,31,38)/t28-/m0/s1. The first-order chi connectivity index (χ1) is 18.5. The normalized spacial score (nSPS) is 18.2. The van der Waals surface area contributed by atoms with Crippen LogP contribution in [0.2, 0.25) is 0 Å². The minimum absolute atomic E-state index is 0.0681. The second-order valence-electron chi connectivity index (χ2n) is 11.1. The Labute approximate surface area is 223 Å². The Morgan fingerprint density at radius 2 is 1.63 bits per heavy atom. The minimum atomic E-state index is -0.304. The molecule has 2 aliphatic rings. The number of aromatic amines is 1. The van der Waals surface area contributed by atoms with E-state index in [2.05, 4.69) is 81.4 Å². The van der Waals surface area contributed by atoms with Crippen LogP contribution < -0.4 is 10.5 Å². The van der Waals surface area contributed by atoms with E-state index in [0.717, 1.165) is 61.3 Å². The van der Waals surface area contributed by atoms with Crippen LogP contribution in [-0.2, 0) is 0 Å². The lowest BCUT2D eigenvalue weighted by Gasteiger charge is -2.40. The molecule has 0 spiro atoms. The number of nitrogens with one attached hydrogen (secondary N) is 1. The van der Waals surface area contributed by atoms with Gasteiger partial charge in [0.25, 0.3) is 5.56 Å². The second-order valence-corrected chi connectivity index (χ2v) is 11.1. The van der Waals surface area contributed by atoms with Gasteiger partial charge < -0.3 is 9.88 Å². The first-order valence-corrected chi connectivity index (χ1v) is 14.0. The summed E-state index contributed by atoms with van der Waals surface area (Å²) in [5, 5.41) is 14.2. The highest BCUT2D eigenvalue weighted by atomic mass is 16.1. The molecule has 2 fully saturated rings. The molecular formula is C30H37N7O. The minimum Gasteiger partial charge on any atom is -0.369 e. The molecule has 8 nitrogen and oxygen atoms in total. The van der Waals surface area contributed by atoms with Crippen molar-refractivity contribution in [3.8, 4) is 0 Å². The quantitative estimate of drug-likeness (QED) is 0.412. The summed E-state index contributed by atoms with van der Waals surface area (Å²) in [4.78, 5) is 21.6. The van der Waals surface area contributed by atoms with Crippen molar-refractivity contribution in [1.29, 1.82) is 0 Å². The summed E-state index contributed by atoms with van der Waals surface area (Å²) in [6, 6.07) is 14.8. The third-order valence-corrected chi connectivity index (χ3v) is 8.39. The summed E-state index contributed by atoms with van der Waals surface area (Å²) >= 11 is 0. The number of H-pyrrole nitrogens is 1. The molecule has 198 valence electrons. The molecular weight excluding hydrogens is 474 g/mol. The van der Waals surface area contributed by atoms with E-state index < -0.39 is 0 Å². The van der Waals surface area contributed by atoms with Crippen LogP contribution in [0.5, 0.6) is 0 Å². The van der Waals surface area contributed by atoms with Crippen LogP contribution in [0.3, 0.4) is 0 Å². The maximum atomic E-state index is 13.6. The monoisotopic (exact) mass is 511 g/mol. The van der Waals surface area contributed by atoms with Gasteiger partial charge in [-0.25, -0.2) is 4.68 Å². The van der Waals surface area contributed by atoms with Gasteiger partial charge in [0.2, 0.25) is 0 Å². The fourth-order valence-corrected chi connectivity index (χ4v) is 6.29. The average molecular weight is 512 g/mol. The number of anilines is 1. The molecule has 1 saturated heterocycles. The number of hydrogen-bond acceptors (Lipinski definition) is 6. The van der Waals surface area contributed by atoms with Crippen LogP contribution in [0.1, 0.15) is 72.3 Å². The van der Waals surface area contributed by atoms with E-state index >= 15 is 0 Å². The first-order valence-electron chi connectivity index (χ1n) is 14.0. The molecule has 0 radical (unpaired) electrons. The number of pyridine rings is 1. The van der Waals surface area contributed by atoms with Crippen molar-refractivity contribution in [2.45, 2.75) is 65.0 Å². The lowest BCUT2D eigenvalue weighted by molar-refractivity contribution is 0.192. The summed E-state index contributed by atoms with van der Waals surface area (Å²) in [5.74, 6) is 0.787. The highest BCUT2D eigenvalue weighted by Gasteiger charge is 2.34. The first kappa shape index (κ1) is 24.8. The van der Waals surface area contributed by atoms with Gasteiger partial charge in [-0.05, 0) is 84.8 Å². The van der Waals surface area contributed by atoms with Crippen LogP contribution >= 0.6 is 0 Å². The maximum absolute atomic E-state index is 13.6. The molecule has 1 aliphatic heterocycles. The summed E-state index contributed by atoms with van der Waals surface area (Å²) in [5.41, 5.74) is 6.54. The molecule has 0 bridgehead atoms. The van der Waals surface area contributed by atoms with E-state index in [1.165, 1.54) is 41.6 Å². The molecule has 2 aromatic carbocycles. The van der Waals surface area contributed by atoms with Crippen LogP contribution in [0, 0.1) is 20.8 Å². The van der Waals surface area contributed by atoms with Gasteiger partial charge in [0.15, 0.2) is 5.82 Å². The average Bonchev–Trinajstić information content (AvgIpc) is 3.41. The zero-order valence-electron chi connectivity index (χ0n) is 22.7. The fraction of sp³-hybridized carbons (Fsp3) is 0.467. The summed E-state index contributed by atoms with van der Waals surface area (Å²) in [6.45, 7) is 9.82. The number of nitrogens with zero attached hydrogens (tertiary/aromatic N) is 6. The Morgan fingerprint density at radius 3 is 2.42 bits per heavy atom. The van der Waals surface area contributed by atoms with Crippen molar-refractivity contribution < 1.29 is 0 Å². The van der Waals surface area contributed by atoms with Crippen molar-refractivity contribution in [2.24, 2.45) is 0 Å². The van der Waals surface area contributed by atoms with E-state index in [4.69, 9.17) is 0 Å². The van der Waals surface area contributed by atoms with Crippen molar-refractivity contribution in [1.82, 2.24) is 30.1 Å². The van der Waals surface area contributed by atoms with Crippen molar-refractivity contribution in [3.63, 3.8) is 0 Å². The lowest BCUT2D eigenvalue weighted by atomic mass is 9.95. The number of hydrogen-bond donors (Lipinski definition) is 1. The highest BCUT2D eigenvalue weighted by molar-refractivity contribution is 5.79. The second kappa shape index (κ2) is 10.3. The van der Waals surface area contributed by atoms with Gasteiger partial charge in [0.05, 0.1) is 6.04 Å². The van der Waals surface area contributed by atoms with Crippen LogP contribution in [0.25, 0.3) is 10.9 Å². The van der Waals surface area contributed by atoms with Crippen molar-refractivity contribution in [2.75, 3.05) is 31.1 Å². The van der Waals surface area contributed by atoms with Gasteiger partial charge in [0, 0.05) is 42.9 Å². The molecule has 8 heteroatoms. The largest absolute Gasteiger partial charge is 0.369 e. The fourth-order valence-electron chi connectivity index (χ4n) is 6.29. The number of rotatable bonds is 5. The summed E-state index contributed by atoms with van der Waals surface area (Å²) in [7, 11) is 0. The molecule has 2 aromatic heterocycles.